The first kappa shape index (κ1) is 13.6. The average Bonchev–Trinajstić information content (AvgIpc) is 3.22. The van der Waals surface area contributed by atoms with Gasteiger partial charge in [-0.05, 0) is 20.3 Å². The quantitative estimate of drug-likeness (QED) is 0.814. The van der Waals surface area contributed by atoms with Gasteiger partial charge in [0.25, 0.3) is 0 Å². The zero-order valence-electron chi connectivity index (χ0n) is 12.5. The molecule has 0 spiro atoms. The van der Waals surface area contributed by atoms with Crippen LogP contribution in [0.1, 0.15) is 26.0 Å². The van der Waals surface area contributed by atoms with Crippen molar-refractivity contribution in [2.45, 2.75) is 45.4 Å². The van der Waals surface area contributed by atoms with E-state index in [4.69, 9.17) is 0 Å². The number of amides is 1. The van der Waals surface area contributed by atoms with E-state index in [-0.39, 0.29) is 11.9 Å². The molecule has 0 bridgehead atoms. The van der Waals surface area contributed by atoms with Crippen LogP contribution in [0.4, 0.5) is 5.69 Å². The molecule has 1 aromatic heterocycles. The normalized spacial score (nSPS) is 22.5. The number of carbonyl (C=O) groups excluding carboxylic acids is 1. The minimum atomic E-state index is 0.00234. The first-order valence-corrected chi connectivity index (χ1v) is 7.37. The summed E-state index contributed by atoms with van der Waals surface area (Å²) in [4.78, 5) is 16.4. The summed E-state index contributed by atoms with van der Waals surface area (Å²) < 4.78 is 2.06. The maximum absolute atomic E-state index is 12.2. The lowest BCUT2D eigenvalue weighted by atomic mass is 10.2. The van der Waals surface area contributed by atoms with Gasteiger partial charge < -0.3 is 10.2 Å². The topological polar surface area (TPSA) is 63.3 Å². The van der Waals surface area contributed by atoms with Crippen molar-refractivity contribution < 1.29 is 4.79 Å². The fourth-order valence-corrected chi connectivity index (χ4v) is 2.76. The van der Waals surface area contributed by atoms with Crippen molar-refractivity contribution in [1.82, 2.24) is 20.0 Å². The molecule has 0 aromatic carbocycles. The first-order chi connectivity index (χ1) is 9.58. The van der Waals surface area contributed by atoms with Crippen LogP contribution in [0, 0.1) is 0 Å². The van der Waals surface area contributed by atoms with Crippen LogP contribution in [0.25, 0.3) is 0 Å². The Bertz CT molecular complexity index is 506. The number of hydrogen-bond acceptors (Lipinski definition) is 4. The van der Waals surface area contributed by atoms with E-state index in [1.54, 1.807) is 4.90 Å². The van der Waals surface area contributed by atoms with Gasteiger partial charge in [-0.1, -0.05) is 0 Å². The lowest BCUT2D eigenvalue weighted by Gasteiger charge is -2.25. The van der Waals surface area contributed by atoms with Gasteiger partial charge in [-0.25, -0.2) is 0 Å². The summed E-state index contributed by atoms with van der Waals surface area (Å²) in [5.74, 6) is 0.140. The Balaban J connectivity index is 1.86. The van der Waals surface area contributed by atoms with Gasteiger partial charge >= 0.3 is 0 Å². The van der Waals surface area contributed by atoms with Gasteiger partial charge in [-0.2, -0.15) is 5.10 Å². The number of aryl methyl sites for hydroxylation is 1. The Morgan fingerprint density at radius 2 is 2.25 bits per heavy atom. The molecule has 2 aliphatic rings. The molecule has 6 heteroatoms. The van der Waals surface area contributed by atoms with Gasteiger partial charge in [-0.15, -0.1) is 0 Å². The highest BCUT2D eigenvalue weighted by molar-refractivity contribution is 5.98. The number of anilines is 1. The highest BCUT2D eigenvalue weighted by Crippen LogP contribution is 2.25. The lowest BCUT2D eigenvalue weighted by molar-refractivity contribution is -0.117. The van der Waals surface area contributed by atoms with Gasteiger partial charge in [0.05, 0.1) is 23.6 Å². The fraction of sp³-hybridized carbons (Fsp3) is 0.714. The average molecular weight is 277 g/mol. The second-order valence-electron chi connectivity index (χ2n) is 5.98. The van der Waals surface area contributed by atoms with E-state index in [1.165, 1.54) is 0 Å². The Hall–Kier alpha value is -1.40. The lowest BCUT2D eigenvalue weighted by Crippen LogP contribution is -2.34. The molecule has 110 valence electrons. The van der Waals surface area contributed by atoms with E-state index in [0.717, 1.165) is 44.0 Å². The highest BCUT2D eigenvalue weighted by atomic mass is 16.2. The van der Waals surface area contributed by atoms with Crippen molar-refractivity contribution in [1.29, 1.82) is 0 Å². The third kappa shape index (κ3) is 2.45. The van der Waals surface area contributed by atoms with E-state index in [9.17, 15) is 4.79 Å². The summed E-state index contributed by atoms with van der Waals surface area (Å²) in [6.07, 6.45) is 2.94. The summed E-state index contributed by atoms with van der Waals surface area (Å²) in [5.41, 5.74) is 2.11. The van der Waals surface area contributed by atoms with Crippen molar-refractivity contribution in [3.63, 3.8) is 0 Å². The molecular weight excluding hydrogens is 254 g/mol. The van der Waals surface area contributed by atoms with E-state index in [0.29, 0.717) is 6.04 Å². The molecule has 0 aliphatic carbocycles. The van der Waals surface area contributed by atoms with Crippen LogP contribution in [-0.4, -0.2) is 52.8 Å². The largest absolute Gasteiger partial charge is 0.311 e. The first-order valence-electron chi connectivity index (χ1n) is 7.37. The van der Waals surface area contributed by atoms with Gasteiger partial charge in [0.1, 0.15) is 0 Å². The third-order valence-electron chi connectivity index (χ3n) is 4.22. The molecule has 0 radical (unpaired) electrons. The second kappa shape index (κ2) is 5.18. The van der Waals surface area contributed by atoms with Crippen molar-refractivity contribution in [3.8, 4) is 0 Å². The minimum absolute atomic E-state index is 0.00234. The highest BCUT2D eigenvalue weighted by Gasteiger charge is 2.33. The second-order valence-corrected chi connectivity index (χ2v) is 5.98. The molecule has 0 saturated carbocycles. The van der Waals surface area contributed by atoms with E-state index >= 15 is 0 Å². The van der Waals surface area contributed by atoms with E-state index in [2.05, 4.69) is 33.8 Å². The Labute approximate surface area is 119 Å². The maximum Gasteiger partial charge on any atom is 0.245 e. The van der Waals surface area contributed by atoms with Crippen molar-refractivity contribution >= 4 is 11.6 Å². The van der Waals surface area contributed by atoms with Crippen molar-refractivity contribution in [2.75, 3.05) is 25.0 Å². The van der Waals surface area contributed by atoms with E-state index in [1.807, 2.05) is 13.2 Å². The molecule has 1 saturated heterocycles. The SMILES string of the molecule is CC(C)N1CCCn2ncc(N(C)C(=O)C3CN3)c2C1. The van der Waals surface area contributed by atoms with Crippen molar-refractivity contribution in [2.24, 2.45) is 0 Å². The minimum Gasteiger partial charge on any atom is -0.311 e. The number of nitrogens with zero attached hydrogens (tertiary/aromatic N) is 4. The summed E-state index contributed by atoms with van der Waals surface area (Å²) in [6.45, 7) is 8.11. The fourth-order valence-electron chi connectivity index (χ4n) is 2.76. The summed E-state index contributed by atoms with van der Waals surface area (Å²) in [5, 5.41) is 7.54. The number of rotatable bonds is 3. The molecule has 2 aliphatic heterocycles. The maximum atomic E-state index is 12.2. The summed E-state index contributed by atoms with van der Waals surface area (Å²) >= 11 is 0. The molecule has 3 rings (SSSR count). The van der Waals surface area contributed by atoms with Gasteiger partial charge in [-0.3, -0.25) is 14.4 Å². The monoisotopic (exact) mass is 277 g/mol. The summed E-state index contributed by atoms with van der Waals surface area (Å²) in [7, 11) is 1.85. The Kier molecular flexibility index (Phi) is 3.52. The molecule has 3 heterocycles. The smallest absolute Gasteiger partial charge is 0.245 e. The molecule has 1 unspecified atom stereocenters. The van der Waals surface area contributed by atoms with Crippen LogP contribution in [0.2, 0.25) is 0 Å². The zero-order chi connectivity index (χ0) is 14.3. The number of likely N-dealkylation sites (N-methyl/N-ethyl adjacent to an activating group) is 1. The predicted molar refractivity (Wildman–Crippen MR) is 77.6 cm³/mol. The van der Waals surface area contributed by atoms with Crippen molar-refractivity contribution in [3.05, 3.63) is 11.9 Å². The van der Waals surface area contributed by atoms with Gasteiger partial charge in [0, 0.05) is 39.3 Å². The molecule has 1 aromatic rings. The number of fused-ring (bicyclic) bond motifs is 1. The van der Waals surface area contributed by atoms with Gasteiger partial charge in [0.15, 0.2) is 0 Å². The molecule has 1 N–H and O–H groups in total. The molecule has 20 heavy (non-hydrogen) atoms. The summed E-state index contributed by atoms with van der Waals surface area (Å²) in [6, 6.07) is 0.512. The molecular formula is C14H23N5O. The number of aromatic nitrogens is 2. The van der Waals surface area contributed by atoms with Crippen LogP contribution >= 0.6 is 0 Å². The molecule has 1 fully saturated rings. The van der Waals surface area contributed by atoms with Crippen LogP contribution in [0.3, 0.4) is 0 Å². The zero-order valence-corrected chi connectivity index (χ0v) is 12.5. The number of nitrogens with one attached hydrogen (secondary N) is 1. The van der Waals surface area contributed by atoms with E-state index < -0.39 is 0 Å². The van der Waals surface area contributed by atoms with Crippen LogP contribution in [-0.2, 0) is 17.9 Å². The Morgan fingerprint density at radius 1 is 1.50 bits per heavy atom. The van der Waals surface area contributed by atoms with Crippen LogP contribution in [0.15, 0.2) is 6.20 Å². The van der Waals surface area contributed by atoms with Gasteiger partial charge in [0.2, 0.25) is 5.91 Å². The number of hydrogen-bond donors (Lipinski definition) is 1. The van der Waals surface area contributed by atoms with Crippen LogP contribution in [0.5, 0.6) is 0 Å². The molecule has 1 atom stereocenters. The standard InChI is InChI=1S/C14H23N5O/c1-10(2)18-5-4-6-19-13(9-18)12(8-16-19)17(3)14(20)11-7-15-11/h8,10-11,15H,4-7,9H2,1-3H3. The molecule has 1 amide bonds. The van der Waals surface area contributed by atoms with Crippen LogP contribution < -0.4 is 10.2 Å². The molecule has 6 nitrogen and oxygen atoms in total. The Morgan fingerprint density at radius 3 is 2.90 bits per heavy atom. The third-order valence-corrected chi connectivity index (χ3v) is 4.22. The predicted octanol–water partition coefficient (Wildman–Crippen LogP) is 0.432. The number of carbonyl (C=O) groups is 1.